The van der Waals surface area contributed by atoms with Gasteiger partial charge in [-0.15, -0.1) is 0 Å². The van der Waals surface area contributed by atoms with Crippen molar-refractivity contribution in [2.24, 2.45) is 0 Å². The van der Waals surface area contributed by atoms with Crippen molar-refractivity contribution in [1.82, 2.24) is 4.98 Å². The average Bonchev–Trinajstić information content (AvgIpc) is 2.54. The van der Waals surface area contributed by atoms with E-state index < -0.39 is 5.97 Å². The molecule has 0 aliphatic carbocycles. The minimum absolute atomic E-state index is 0.217. The molecule has 3 aromatic rings. The van der Waals surface area contributed by atoms with Gasteiger partial charge >= 0.3 is 5.97 Å². The number of para-hydroxylation sites is 1. The summed E-state index contributed by atoms with van der Waals surface area (Å²) in [5, 5.41) is 10.2. The number of hydrogen-bond acceptors (Lipinski definition) is 3. The number of nitrogens with zero attached hydrogens (tertiary/aromatic N) is 1. The second kappa shape index (κ2) is 6.01. The zero-order chi connectivity index (χ0) is 16.6. The molecular formula is C18H14BrNO3. The quantitative estimate of drug-likeness (QED) is 0.725. The molecule has 4 nitrogen and oxygen atoms in total. The van der Waals surface area contributed by atoms with E-state index in [1.54, 1.807) is 25.3 Å². The molecule has 0 bridgehead atoms. The van der Waals surface area contributed by atoms with Gasteiger partial charge in [0.25, 0.3) is 0 Å². The number of pyridine rings is 1. The Labute approximate surface area is 141 Å². The zero-order valence-electron chi connectivity index (χ0n) is 12.6. The summed E-state index contributed by atoms with van der Waals surface area (Å²) in [7, 11) is 1.59. The average molecular weight is 372 g/mol. The van der Waals surface area contributed by atoms with E-state index in [4.69, 9.17) is 4.74 Å². The van der Waals surface area contributed by atoms with E-state index in [9.17, 15) is 9.90 Å². The highest BCUT2D eigenvalue weighted by Crippen LogP contribution is 2.34. The van der Waals surface area contributed by atoms with Crippen LogP contribution in [0.3, 0.4) is 0 Å². The Morgan fingerprint density at radius 3 is 2.70 bits per heavy atom. The van der Waals surface area contributed by atoms with E-state index >= 15 is 0 Å². The van der Waals surface area contributed by atoms with Crippen LogP contribution in [0.5, 0.6) is 5.75 Å². The molecule has 2 aromatic carbocycles. The van der Waals surface area contributed by atoms with Crippen LogP contribution < -0.4 is 4.74 Å². The van der Waals surface area contributed by atoms with Crippen molar-refractivity contribution < 1.29 is 14.6 Å². The highest BCUT2D eigenvalue weighted by molar-refractivity contribution is 9.10. The van der Waals surface area contributed by atoms with Gasteiger partial charge in [-0.25, -0.2) is 9.78 Å². The summed E-state index contributed by atoms with van der Waals surface area (Å²) < 4.78 is 6.15. The van der Waals surface area contributed by atoms with Crippen LogP contribution in [0.1, 0.15) is 15.9 Å². The summed E-state index contributed by atoms with van der Waals surface area (Å²) in [5.74, 6) is -0.325. The molecule has 1 aromatic heterocycles. The lowest BCUT2D eigenvalue weighted by Crippen LogP contribution is -2.01. The highest BCUT2D eigenvalue weighted by atomic mass is 79.9. The maximum atomic E-state index is 11.7. The number of aromatic carboxylic acids is 1. The van der Waals surface area contributed by atoms with Crippen molar-refractivity contribution in [3.05, 3.63) is 58.1 Å². The van der Waals surface area contributed by atoms with Gasteiger partial charge in [0.1, 0.15) is 5.75 Å². The lowest BCUT2D eigenvalue weighted by molar-refractivity contribution is 0.0699. The monoisotopic (exact) mass is 371 g/mol. The van der Waals surface area contributed by atoms with Crippen LogP contribution >= 0.6 is 15.9 Å². The standard InChI is InChI=1S/C18H14BrNO3/c1-10-6-7-16(23-2)13(8-10)15-9-12(18(21)22)11-4-3-5-14(19)17(11)20-15/h3-9H,1-2H3,(H,21,22). The second-order valence-corrected chi connectivity index (χ2v) is 6.05. The molecule has 1 N–H and O–H groups in total. The van der Waals surface area contributed by atoms with Crippen molar-refractivity contribution in [3.8, 4) is 17.0 Å². The third kappa shape index (κ3) is 2.80. The first-order valence-corrected chi connectivity index (χ1v) is 7.78. The number of carboxylic acid groups (broad SMARTS) is 1. The Morgan fingerprint density at radius 2 is 2.00 bits per heavy atom. The highest BCUT2D eigenvalue weighted by Gasteiger charge is 2.16. The van der Waals surface area contributed by atoms with Gasteiger partial charge in [0.15, 0.2) is 0 Å². The number of aryl methyl sites for hydroxylation is 1. The first-order chi connectivity index (χ1) is 11.0. The molecule has 0 saturated carbocycles. The molecule has 116 valence electrons. The fraction of sp³-hybridized carbons (Fsp3) is 0.111. The summed E-state index contributed by atoms with van der Waals surface area (Å²) in [4.78, 5) is 16.3. The van der Waals surface area contributed by atoms with Gasteiger partial charge in [-0.1, -0.05) is 23.8 Å². The molecule has 0 radical (unpaired) electrons. The van der Waals surface area contributed by atoms with E-state index in [-0.39, 0.29) is 5.56 Å². The van der Waals surface area contributed by atoms with Crippen molar-refractivity contribution in [2.75, 3.05) is 7.11 Å². The van der Waals surface area contributed by atoms with Crippen molar-refractivity contribution in [2.45, 2.75) is 6.92 Å². The van der Waals surface area contributed by atoms with Crippen LogP contribution in [0.15, 0.2) is 46.9 Å². The van der Waals surface area contributed by atoms with Gasteiger partial charge in [0.05, 0.1) is 23.9 Å². The smallest absolute Gasteiger partial charge is 0.336 e. The van der Waals surface area contributed by atoms with Crippen LogP contribution in [0.2, 0.25) is 0 Å². The predicted octanol–water partition coefficient (Wildman–Crippen LogP) is 4.68. The largest absolute Gasteiger partial charge is 0.496 e. The molecule has 0 aliphatic rings. The normalized spacial score (nSPS) is 10.7. The van der Waals surface area contributed by atoms with Gasteiger partial charge in [0.2, 0.25) is 0 Å². The number of benzene rings is 2. The van der Waals surface area contributed by atoms with Crippen LogP contribution in [-0.4, -0.2) is 23.2 Å². The Morgan fingerprint density at radius 1 is 1.22 bits per heavy atom. The zero-order valence-corrected chi connectivity index (χ0v) is 14.2. The van der Waals surface area contributed by atoms with E-state index in [0.29, 0.717) is 22.3 Å². The van der Waals surface area contributed by atoms with Crippen molar-refractivity contribution in [1.29, 1.82) is 0 Å². The van der Waals surface area contributed by atoms with Crippen molar-refractivity contribution in [3.63, 3.8) is 0 Å². The molecule has 5 heteroatoms. The van der Waals surface area contributed by atoms with Gasteiger partial charge in [-0.3, -0.25) is 0 Å². The molecular weight excluding hydrogens is 358 g/mol. The molecule has 23 heavy (non-hydrogen) atoms. The Bertz CT molecular complexity index is 922. The maximum Gasteiger partial charge on any atom is 0.336 e. The molecule has 0 unspecified atom stereocenters. The molecule has 0 amide bonds. The Hall–Kier alpha value is -2.40. The SMILES string of the molecule is COc1ccc(C)cc1-c1cc(C(=O)O)c2cccc(Br)c2n1. The van der Waals surface area contributed by atoms with Gasteiger partial charge in [0, 0.05) is 15.4 Å². The topological polar surface area (TPSA) is 59.4 Å². The third-order valence-electron chi connectivity index (χ3n) is 3.65. The van der Waals surface area contributed by atoms with E-state index in [1.807, 2.05) is 31.2 Å². The van der Waals surface area contributed by atoms with Crippen LogP contribution in [0, 0.1) is 6.92 Å². The molecule has 1 heterocycles. The summed E-state index contributed by atoms with van der Waals surface area (Å²) >= 11 is 3.45. The minimum Gasteiger partial charge on any atom is -0.496 e. The first-order valence-electron chi connectivity index (χ1n) is 6.99. The third-order valence-corrected chi connectivity index (χ3v) is 4.29. The van der Waals surface area contributed by atoms with Crippen molar-refractivity contribution >= 4 is 32.8 Å². The van der Waals surface area contributed by atoms with Gasteiger partial charge in [-0.2, -0.15) is 0 Å². The Kier molecular flexibility index (Phi) is 4.05. The minimum atomic E-state index is -0.983. The number of rotatable bonds is 3. The number of fused-ring (bicyclic) bond motifs is 1. The van der Waals surface area contributed by atoms with Gasteiger partial charge < -0.3 is 9.84 Å². The van der Waals surface area contributed by atoms with Crippen LogP contribution in [-0.2, 0) is 0 Å². The predicted molar refractivity (Wildman–Crippen MR) is 93.1 cm³/mol. The first kappa shape index (κ1) is 15.5. The number of methoxy groups -OCH3 is 1. The Balaban J connectivity index is 2.37. The number of carbonyl (C=O) groups is 1. The van der Waals surface area contributed by atoms with Crippen LogP contribution in [0.4, 0.5) is 0 Å². The van der Waals surface area contributed by atoms with Crippen LogP contribution in [0.25, 0.3) is 22.2 Å². The molecule has 0 atom stereocenters. The maximum absolute atomic E-state index is 11.7. The number of halogens is 1. The number of ether oxygens (including phenoxy) is 1. The van der Waals surface area contributed by atoms with E-state index in [1.165, 1.54) is 0 Å². The summed E-state index contributed by atoms with van der Waals surface area (Å²) in [5.41, 5.74) is 3.22. The fourth-order valence-corrected chi connectivity index (χ4v) is 3.01. The fourth-order valence-electron chi connectivity index (χ4n) is 2.55. The lowest BCUT2D eigenvalue weighted by atomic mass is 10.0. The molecule has 0 fully saturated rings. The van der Waals surface area contributed by atoms with E-state index in [0.717, 1.165) is 15.6 Å². The molecule has 0 aliphatic heterocycles. The molecule has 3 rings (SSSR count). The summed E-state index contributed by atoms with van der Waals surface area (Å²) in [6.07, 6.45) is 0. The lowest BCUT2D eigenvalue weighted by Gasteiger charge is -2.12. The molecule has 0 spiro atoms. The number of aromatic nitrogens is 1. The number of carboxylic acids is 1. The summed E-state index contributed by atoms with van der Waals surface area (Å²) in [6.45, 7) is 1.97. The summed E-state index contributed by atoms with van der Waals surface area (Å²) in [6, 6.07) is 12.7. The van der Waals surface area contributed by atoms with E-state index in [2.05, 4.69) is 20.9 Å². The second-order valence-electron chi connectivity index (χ2n) is 5.20. The van der Waals surface area contributed by atoms with Gasteiger partial charge in [-0.05, 0) is 47.1 Å². The molecule has 0 saturated heterocycles. The number of hydrogen-bond donors (Lipinski definition) is 1.